The molecule has 21 heavy (non-hydrogen) atoms. The number of amides is 1. The van der Waals surface area contributed by atoms with E-state index < -0.39 is 12.5 Å². The molecule has 1 amide bonds. The van der Waals surface area contributed by atoms with Crippen molar-refractivity contribution in [2.75, 3.05) is 33.5 Å². The molecule has 118 valence electrons. The maximum absolute atomic E-state index is 12.2. The first-order valence-electron chi connectivity index (χ1n) is 6.54. The molecule has 1 aromatic rings. The summed E-state index contributed by atoms with van der Waals surface area (Å²) in [5.74, 6) is -0.593. The Hall–Kier alpha value is -1.73. The van der Waals surface area contributed by atoms with Crippen LogP contribution in [-0.2, 0) is 9.47 Å². The standard InChI is InChI=1S/C14H19F2NO4/c1-19-9-10-20-8-4-7-17-13(18)11-5-2-3-6-12(11)21-14(15)16/h2-3,5-6,14H,4,7-10H2,1H3,(H,17,18). The molecule has 0 fully saturated rings. The molecule has 0 radical (unpaired) electrons. The molecular weight excluding hydrogens is 284 g/mol. The molecule has 0 unspecified atom stereocenters. The Bertz CT molecular complexity index is 429. The minimum atomic E-state index is -2.96. The van der Waals surface area contributed by atoms with Crippen molar-refractivity contribution in [3.8, 4) is 5.75 Å². The number of benzene rings is 1. The number of nitrogens with one attached hydrogen (secondary N) is 1. The summed E-state index contributed by atoms with van der Waals surface area (Å²) < 4.78 is 38.8. The third-order valence-electron chi connectivity index (χ3n) is 2.53. The summed E-state index contributed by atoms with van der Waals surface area (Å²) in [5, 5.41) is 2.63. The number of para-hydroxylation sites is 1. The van der Waals surface area contributed by atoms with Gasteiger partial charge in [-0.25, -0.2) is 0 Å². The molecule has 0 aromatic heterocycles. The molecule has 0 aliphatic heterocycles. The fourth-order valence-corrected chi connectivity index (χ4v) is 1.57. The van der Waals surface area contributed by atoms with Crippen molar-refractivity contribution in [3.05, 3.63) is 29.8 Å². The number of alkyl halides is 2. The van der Waals surface area contributed by atoms with Gasteiger partial charge in [0.1, 0.15) is 5.75 Å². The Balaban J connectivity index is 2.35. The predicted octanol–water partition coefficient (Wildman–Crippen LogP) is 2.07. The van der Waals surface area contributed by atoms with Gasteiger partial charge in [-0.3, -0.25) is 4.79 Å². The highest BCUT2D eigenvalue weighted by Gasteiger charge is 2.14. The summed E-state index contributed by atoms with van der Waals surface area (Å²) in [6.07, 6.45) is 0.618. The Kier molecular flexibility index (Phi) is 8.30. The highest BCUT2D eigenvalue weighted by atomic mass is 19.3. The fraction of sp³-hybridized carbons (Fsp3) is 0.500. The van der Waals surface area contributed by atoms with Crippen LogP contribution in [0.1, 0.15) is 16.8 Å². The molecule has 1 aromatic carbocycles. The molecule has 1 N–H and O–H groups in total. The fourth-order valence-electron chi connectivity index (χ4n) is 1.57. The molecule has 0 aliphatic rings. The summed E-state index contributed by atoms with van der Waals surface area (Å²) in [6, 6.07) is 5.87. The number of carbonyl (C=O) groups is 1. The average molecular weight is 303 g/mol. The van der Waals surface area contributed by atoms with E-state index in [9.17, 15) is 13.6 Å². The number of carbonyl (C=O) groups excluding carboxylic acids is 1. The van der Waals surface area contributed by atoms with E-state index in [4.69, 9.17) is 9.47 Å². The SMILES string of the molecule is COCCOCCCNC(=O)c1ccccc1OC(F)F. The summed E-state index contributed by atoms with van der Waals surface area (Å²) in [7, 11) is 1.59. The second-order valence-corrected chi connectivity index (χ2v) is 4.09. The summed E-state index contributed by atoms with van der Waals surface area (Å²) in [5.41, 5.74) is 0.0816. The Morgan fingerprint density at radius 2 is 2.00 bits per heavy atom. The van der Waals surface area contributed by atoms with Crippen LogP contribution in [0.4, 0.5) is 8.78 Å². The molecule has 0 saturated carbocycles. The van der Waals surface area contributed by atoms with Gasteiger partial charge in [0.25, 0.3) is 5.91 Å². The van der Waals surface area contributed by atoms with Gasteiger partial charge in [0, 0.05) is 20.3 Å². The Morgan fingerprint density at radius 1 is 1.24 bits per heavy atom. The van der Waals surface area contributed by atoms with E-state index in [1.807, 2.05) is 0 Å². The largest absolute Gasteiger partial charge is 0.434 e. The molecule has 0 atom stereocenters. The maximum Gasteiger partial charge on any atom is 0.387 e. The topological polar surface area (TPSA) is 56.8 Å². The Labute approximate surface area is 122 Å². The van der Waals surface area contributed by atoms with Crippen molar-refractivity contribution in [1.82, 2.24) is 5.32 Å². The first kappa shape index (κ1) is 17.3. The lowest BCUT2D eigenvalue weighted by Gasteiger charge is -2.10. The van der Waals surface area contributed by atoms with Crippen LogP contribution in [0.25, 0.3) is 0 Å². The first-order chi connectivity index (χ1) is 10.1. The van der Waals surface area contributed by atoms with Crippen LogP contribution in [0.3, 0.4) is 0 Å². The van der Waals surface area contributed by atoms with Crippen LogP contribution in [0.15, 0.2) is 24.3 Å². The van der Waals surface area contributed by atoms with Crippen LogP contribution in [0, 0.1) is 0 Å². The van der Waals surface area contributed by atoms with Crippen molar-refractivity contribution in [1.29, 1.82) is 0 Å². The van der Waals surface area contributed by atoms with E-state index in [0.29, 0.717) is 32.8 Å². The van der Waals surface area contributed by atoms with Gasteiger partial charge in [0.05, 0.1) is 18.8 Å². The molecule has 0 spiro atoms. The zero-order valence-corrected chi connectivity index (χ0v) is 11.8. The monoisotopic (exact) mass is 303 g/mol. The van der Waals surface area contributed by atoms with E-state index in [2.05, 4.69) is 10.1 Å². The van der Waals surface area contributed by atoms with Crippen LogP contribution in [-0.4, -0.2) is 46.0 Å². The lowest BCUT2D eigenvalue weighted by molar-refractivity contribution is -0.0501. The number of ether oxygens (including phenoxy) is 3. The van der Waals surface area contributed by atoms with Gasteiger partial charge in [0.2, 0.25) is 0 Å². The van der Waals surface area contributed by atoms with E-state index in [1.165, 1.54) is 18.2 Å². The number of hydrogen-bond acceptors (Lipinski definition) is 4. The zero-order valence-electron chi connectivity index (χ0n) is 11.8. The second kappa shape index (κ2) is 10.1. The Morgan fingerprint density at radius 3 is 2.71 bits per heavy atom. The van der Waals surface area contributed by atoms with E-state index in [-0.39, 0.29) is 11.3 Å². The minimum absolute atomic E-state index is 0.0816. The number of hydrogen-bond donors (Lipinski definition) is 1. The molecule has 1 rings (SSSR count). The first-order valence-corrected chi connectivity index (χ1v) is 6.54. The number of halogens is 2. The lowest BCUT2D eigenvalue weighted by Crippen LogP contribution is -2.26. The van der Waals surface area contributed by atoms with Gasteiger partial charge >= 0.3 is 6.61 Å². The van der Waals surface area contributed by atoms with Gasteiger partial charge in [-0.15, -0.1) is 0 Å². The smallest absolute Gasteiger partial charge is 0.387 e. The van der Waals surface area contributed by atoms with E-state index in [0.717, 1.165) is 0 Å². The van der Waals surface area contributed by atoms with Crippen molar-refractivity contribution in [2.24, 2.45) is 0 Å². The van der Waals surface area contributed by atoms with Crippen molar-refractivity contribution in [3.63, 3.8) is 0 Å². The second-order valence-electron chi connectivity index (χ2n) is 4.09. The van der Waals surface area contributed by atoms with Gasteiger partial charge in [0.15, 0.2) is 0 Å². The summed E-state index contributed by atoms with van der Waals surface area (Å²) >= 11 is 0. The van der Waals surface area contributed by atoms with Crippen molar-refractivity contribution < 1.29 is 27.8 Å². The molecule has 5 nitrogen and oxygen atoms in total. The summed E-state index contributed by atoms with van der Waals surface area (Å²) in [6.45, 7) is -1.08. The number of methoxy groups -OCH3 is 1. The van der Waals surface area contributed by atoms with Gasteiger partial charge < -0.3 is 19.5 Å². The van der Waals surface area contributed by atoms with Crippen LogP contribution in [0.5, 0.6) is 5.75 Å². The highest BCUT2D eigenvalue weighted by Crippen LogP contribution is 2.19. The van der Waals surface area contributed by atoms with Crippen LogP contribution < -0.4 is 10.1 Å². The molecule has 0 heterocycles. The van der Waals surface area contributed by atoms with Crippen LogP contribution >= 0.6 is 0 Å². The normalized spacial score (nSPS) is 10.7. The third kappa shape index (κ3) is 7.01. The lowest BCUT2D eigenvalue weighted by atomic mass is 10.2. The van der Waals surface area contributed by atoms with Crippen molar-refractivity contribution >= 4 is 5.91 Å². The zero-order chi connectivity index (χ0) is 15.5. The quantitative estimate of drug-likeness (QED) is 0.672. The van der Waals surface area contributed by atoms with Crippen molar-refractivity contribution in [2.45, 2.75) is 13.0 Å². The number of rotatable bonds is 10. The molecule has 0 saturated heterocycles. The highest BCUT2D eigenvalue weighted by molar-refractivity contribution is 5.96. The molecular formula is C14H19F2NO4. The maximum atomic E-state index is 12.2. The molecule has 0 aliphatic carbocycles. The van der Waals surface area contributed by atoms with Gasteiger partial charge in [-0.2, -0.15) is 8.78 Å². The van der Waals surface area contributed by atoms with Crippen LogP contribution in [0.2, 0.25) is 0 Å². The van der Waals surface area contributed by atoms with Gasteiger partial charge in [-0.1, -0.05) is 12.1 Å². The predicted molar refractivity (Wildman–Crippen MR) is 72.7 cm³/mol. The molecule has 0 bridgehead atoms. The average Bonchev–Trinajstić information content (AvgIpc) is 2.46. The minimum Gasteiger partial charge on any atom is -0.434 e. The van der Waals surface area contributed by atoms with E-state index in [1.54, 1.807) is 13.2 Å². The third-order valence-corrected chi connectivity index (χ3v) is 2.53. The van der Waals surface area contributed by atoms with E-state index >= 15 is 0 Å². The summed E-state index contributed by atoms with van der Waals surface area (Å²) in [4.78, 5) is 11.9. The van der Waals surface area contributed by atoms with Gasteiger partial charge in [-0.05, 0) is 18.6 Å². The molecule has 7 heteroatoms.